The fourth-order valence-corrected chi connectivity index (χ4v) is 4.77. The average molecular weight is 521 g/mol. The lowest BCUT2D eigenvalue weighted by atomic mass is 9.97. The van der Waals surface area contributed by atoms with Gasteiger partial charge in [-0.2, -0.15) is 13.2 Å². The van der Waals surface area contributed by atoms with Crippen LogP contribution in [0.3, 0.4) is 0 Å². The molecule has 0 saturated heterocycles. The number of halogens is 4. The number of rotatable bonds is 5. The summed E-state index contributed by atoms with van der Waals surface area (Å²) in [5.41, 5.74) is 5.12. The minimum absolute atomic E-state index is 0.310. The van der Waals surface area contributed by atoms with Gasteiger partial charge in [-0.05, 0) is 76.7 Å². The molecular formula is C30H24ClF3N2O. The standard InChI is InChI=1S/C30H24ClF3N2O/c31-25-12-5-20(6-13-25)18-36-16-15-22-17-26(14-9-23(22)19-36)35-29(37)28-4-2-1-3-27(28)21-7-10-24(11-8-21)30(32,33)34/h1-14,17H,15-16,18-19H2,(H,35,37). The molecule has 0 radical (unpaired) electrons. The maximum atomic E-state index is 13.2. The number of anilines is 1. The highest BCUT2D eigenvalue weighted by atomic mass is 35.5. The number of fused-ring (bicyclic) bond motifs is 1. The molecule has 1 N–H and O–H groups in total. The van der Waals surface area contributed by atoms with Crippen LogP contribution in [0, 0.1) is 0 Å². The van der Waals surface area contributed by atoms with Crippen LogP contribution in [-0.4, -0.2) is 17.4 Å². The van der Waals surface area contributed by atoms with E-state index in [1.807, 2.05) is 42.5 Å². The molecular weight excluding hydrogens is 497 g/mol. The summed E-state index contributed by atoms with van der Waals surface area (Å²) in [6.07, 6.45) is -3.54. The van der Waals surface area contributed by atoms with Crippen molar-refractivity contribution in [3.05, 3.63) is 124 Å². The zero-order valence-electron chi connectivity index (χ0n) is 19.9. The number of hydrogen-bond donors (Lipinski definition) is 1. The Bertz CT molecular complexity index is 1420. The number of nitrogens with one attached hydrogen (secondary N) is 1. The van der Waals surface area contributed by atoms with E-state index in [0.29, 0.717) is 22.4 Å². The van der Waals surface area contributed by atoms with Crippen molar-refractivity contribution in [2.24, 2.45) is 0 Å². The van der Waals surface area contributed by atoms with E-state index >= 15 is 0 Å². The number of carbonyl (C=O) groups is 1. The molecule has 7 heteroatoms. The Labute approximate surface area is 218 Å². The van der Waals surface area contributed by atoms with Gasteiger partial charge in [0.05, 0.1) is 5.56 Å². The molecule has 0 atom stereocenters. The molecule has 1 aliphatic heterocycles. The second-order valence-electron chi connectivity index (χ2n) is 9.15. The second kappa shape index (κ2) is 10.4. The maximum Gasteiger partial charge on any atom is 0.416 e. The molecule has 1 amide bonds. The van der Waals surface area contributed by atoms with E-state index in [4.69, 9.17) is 11.6 Å². The van der Waals surface area contributed by atoms with Crippen molar-refractivity contribution < 1.29 is 18.0 Å². The third-order valence-electron chi connectivity index (χ3n) is 6.57. The van der Waals surface area contributed by atoms with E-state index in [1.165, 1.54) is 28.8 Å². The molecule has 1 aliphatic rings. The Kier molecular flexibility index (Phi) is 7.04. The van der Waals surface area contributed by atoms with Crippen molar-refractivity contribution >= 4 is 23.2 Å². The van der Waals surface area contributed by atoms with E-state index < -0.39 is 11.7 Å². The molecule has 0 bridgehead atoms. The van der Waals surface area contributed by atoms with Crippen molar-refractivity contribution in [1.29, 1.82) is 0 Å². The van der Waals surface area contributed by atoms with Gasteiger partial charge < -0.3 is 5.32 Å². The Morgan fingerprint density at radius 1 is 0.892 bits per heavy atom. The Balaban J connectivity index is 1.29. The van der Waals surface area contributed by atoms with Crippen LogP contribution in [0.25, 0.3) is 11.1 Å². The fourth-order valence-electron chi connectivity index (χ4n) is 4.64. The predicted octanol–water partition coefficient (Wildman–Crippen LogP) is 7.84. The number of nitrogens with zero attached hydrogens (tertiary/aromatic N) is 1. The predicted molar refractivity (Wildman–Crippen MR) is 141 cm³/mol. The molecule has 188 valence electrons. The van der Waals surface area contributed by atoms with Crippen LogP contribution in [0.2, 0.25) is 5.02 Å². The van der Waals surface area contributed by atoms with E-state index in [-0.39, 0.29) is 5.91 Å². The summed E-state index contributed by atoms with van der Waals surface area (Å²) in [5, 5.41) is 3.69. The Morgan fingerprint density at radius 2 is 1.62 bits per heavy atom. The molecule has 0 unspecified atom stereocenters. The first kappa shape index (κ1) is 25.1. The monoisotopic (exact) mass is 520 g/mol. The molecule has 0 fully saturated rings. The van der Waals surface area contributed by atoms with Gasteiger partial charge in [0.25, 0.3) is 5.91 Å². The summed E-state index contributed by atoms with van der Waals surface area (Å²) < 4.78 is 38.9. The van der Waals surface area contributed by atoms with Gasteiger partial charge in [0.2, 0.25) is 0 Å². The van der Waals surface area contributed by atoms with Crippen LogP contribution in [0.15, 0.2) is 91.0 Å². The Hall–Kier alpha value is -3.61. The molecule has 37 heavy (non-hydrogen) atoms. The van der Waals surface area contributed by atoms with Gasteiger partial charge in [0.1, 0.15) is 0 Å². The van der Waals surface area contributed by atoms with Crippen LogP contribution < -0.4 is 5.32 Å². The number of benzene rings is 4. The topological polar surface area (TPSA) is 32.3 Å². The summed E-state index contributed by atoms with van der Waals surface area (Å²) in [6, 6.07) is 25.6. The summed E-state index contributed by atoms with van der Waals surface area (Å²) in [7, 11) is 0. The van der Waals surface area contributed by atoms with Gasteiger partial charge >= 0.3 is 6.18 Å². The van der Waals surface area contributed by atoms with Crippen LogP contribution in [0.5, 0.6) is 0 Å². The van der Waals surface area contributed by atoms with Crippen LogP contribution in [0.4, 0.5) is 18.9 Å². The van der Waals surface area contributed by atoms with Crippen molar-refractivity contribution in [2.45, 2.75) is 25.7 Å². The lowest BCUT2D eigenvalue weighted by Crippen LogP contribution is -2.30. The summed E-state index contributed by atoms with van der Waals surface area (Å²) >= 11 is 5.99. The van der Waals surface area contributed by atoms with Gasteiger partial charge in [0.15, 0.2) is 0 Å². The molecule has 4 aromatic rings. The van der Waals surface area contributed by atoms with Crippen molar-refractivity contribution in [3.63, 3.8) is 0 Å². The highest BCUT2D eigenvalue weighted by molar-refractivity contribution is 6.30. The van der Waals surface area contributed by atoms with Gasteiger partial charge in [-0.3, -0.25) is 9.69 Å². The Morgan fingerprint density at radius 3 is 2.35 bits per heavy atom. The smallest absolute Gasteiger partial charge is 0.322 e. The highest BCUT2D eigenvalue weighted by Gasteiger charge is 2.30. The van der Waals surface area contributed by atoms with Gasteiger partial charge in [-0.25, -0.2) is 0 Å². The first-order chi connectivity index (χ1) is 17.8. The molecule has 3 nitrogen and oxygen atoms in total. The normalized spacial score (nSPS) is 13.7. The number of alkyl halides is 3. The maximum absolute atomic E-state index is 13.2. The molecule has 1 heterocycles. The largest absolute Gasteiger partial charge is 0.416 e. The molecule has 0 aliphatic carbocycles. The minimum Gasteiger partial charge on any atom is -0.322 e. The summed E-state index contributed by atoms with van der Waals surface area (Å²) in [5.74, 6) is -0.310. The quantitative estimate of drug-likeness (QED) is 0.291. The second-order valence-corrected chi connectivity index (χ2v) is 9.58. The highest BCUT2D eigenvalue weighted by Crippen LogP contribution is 2.32. The van der Waals surface area contributed by atoms with E-state index in [9.17, 15) is 18.0 Å². The van der Waals surface area contributed by atoms with E-state index in [0.717, 1.165) is 43.2 Å². The number of carbonyl (C=O) groups excluding carboxylic acids is 1. The van der Waals surface area contributed by atoms with Crippen LogP contribution in [0.1, 0.15) is 32.6 Å². The van der Waals surface area contributed by atoms with Crippen molar-refractivity contribution in [1.82, 2.24) is 4.90 Å². The molecule has 5 rings (SSSR count). The minimum atomic E-state index is -4.41. The van der Waals surface area contributed by atoms with Gasteiger partial charge in [0, 0.05) is 35.9 Å². The summed E-state index contributed by atoms with van der Waals surface area (Å²) in [6.45, 7) is 2.57. The van der Waals surface area contributed by atoms with Crippen LogP contribution in [-0.2, 0) is 25.7 Å². The molecule has 0 saturated carbocycles. The zero-order valence-corrected chi connectivity index (χ0v) is 20.6. The third-order valence-corrected chi connectivity index (χ3v) is 6.82. The first-order valence-corrected chi connectivity index (χ1v) is 12.3. The SMILES string of the molecule is O=C(Nc1ccc2c(c1)CCN(Cc1ccc(Cl)cc1)C2)c1ccccc1-c1ccc(C(F)(F)F)cc1. The molecule has 0 spiro atoms. The van der Waals surface area contributed by atoms with Crippen LogP contribution >= 0.6 is 11.6 Å². The number of amides is 1. The third kappa shape index (κ3) is 5.87. The van der Waals surface area contributed by atoms with E-state index in [1.54, 1.807) is 24.3 Å². The number of hydrogen-bond acceptors (Lipinski definition) is 2. The average Bonchev–Trinajstić information content (AvgIpc) is 2.89. The zero-order chi connectivity index (χ0) is 26.0. The fraction of sp³-hybridized carbons (Fsp3) is 0.167. The molecule has 0 aromatic heterocycles. The van der Waals surface area contributed by atoms with Gasteiger partial charge in [-0.15, -0.1) is 0 Å². The molecule has 4 aromatic carbocycles. The summed E-state index contributed by atoms with van der Waals surface area (Å²) in [4.78, 5) is 15.6. The van der Waals surface area contributed by atoms with Crippen molar-refractivity contribution in [2.75, 3.05) is 11.9 Å². The van der Waals surface area contributed by atoms with E-state index in [2.05, 4.69) is 10.2 Å². The first-order valence-electron chi connectivity index (χ1n) is 11.9. The lowest BCUT2D eigenvalue weighted by Gasteiger charge is -2.29. The lowest BCUT2D eigenvalue weighted by molar-refractivity contribution is -0.137. The van der Waals surface area contributed by atoms with Gasteiger partial charge in [-0.1, -0.05) is 60.1 Å². The van der Waals surface area contributed by atoms with Crippen molar-refractivity contribution in [3.8, 4) is 11.1 Å².